The molecule has 0 unspecified atom stereocenters. The first-order valence-electron chi connectivity index (χ1n) is 5.17. The molecular formula is C11H15NO3S. The molecule has 0 bridgehead atoms. The molecule has 5 heteroatoms. The van der Waals surface area contributed by atoms with Crippen LogP contribution in [0.3, 0.4) is 0 Å². The van der Waals surface area contributed by atoms with Crippen molar-refractivity contribution in [1.82, 2.24) is 4.72 Å². The summed E-state index contributed by atoms with van der Waals surface area (Å²) in [4.78, 5) is 11.4. The van der Waals surface area contributed by atoms with Crippen molar-refractivity contribution in [2.75, 3.05) is 0 Å². The van der Waals surface area contributed by atoms with Crippen LogP contribution in [0.2, 0.25) is 0 Å². The summed E-state index contributed by atoms with van der Waals surface area (Å²) in [6.45, 7) is 1.94. The molecule has 0 radical (unpaired) electrons. The molecule has 1 aromatic carbocycles. The molecule has 16 heavy (non-hydrogen) atoms. The standard InChI is InChI=1S/C11H15NO3S/c1-2-3-9-11(13)12-16(14,15)10-7-5-4-6-8-10/h4-8H,2-3,9H2,1H3,(H,12,13). The maximum Gasteiger partial charge on any atom is 0.264 e. The summed E-state index contributed by atoms with van der Waals surface area (Å²) in [6.07, 6.45) is 1.79. The zero-order valence-corrected chi connectivity index (χ0v) is 9.96. The third-order valence-corrected chi connectivity index (χ3v) is 3.45. The molecule has 4 nitrogen and oxygen atoms in total. The highest BCUT2D eigenvalue weighted by Gasteiger charge is 2.16. The Morgan fingerprint density at radius 1 is 1.25 bits per heavy atom. The van der Waals surface area contributed by atoms with Crippen molar-refractivity contribution in [2.45, 2.75) is 31.1 Å². The fraction of sp³-hybridized carbons (Fsp3) is 0.364. The highest BCUT2D eigenvalue weighted by Crippen LogP contribution is 2.07. The van der Waals surface area contributed by atoms with Crippen LogP contribution >= 0.6 is 0 Å². The van der Waals surface area contributed by atoms with E-state index in [4.69, 9.17) is 0 Å². The maximum atomic E-state index is 11.7. The van der Waals surface area contributed by atoms with E-state index in [2.05, 4.69) is 0 Å². The van der Waals surface area contributed by atoms with Crippen LogP contribution in [0.15, 0.2) is 35.2 Å². The predicted octanol–water partition coefficient (Wildman–Crippen LogP) is 1.68. The van der Waals surface area contributed by atoms with Gasteiger partial charge in [-0.05, 0) is 18.6 Å². The van der Waals surface area contributed by atoms with E-state index >= 15 is 0 Å². The van der Waals surface area contributed by atoms with Crippen molar-refractivity contribution in [1.29, 1.82) is 0 Å². The van der Waals surface area contributed by atoms with E-state index in [9.17, 15) is 13.2 Å². The highest BCUT2D eigenvalue weighted by atomic mass is 32.2. The van der Waals surface area contributed by atoms with Gasteiger partial charge in [0.15, 0.2) is 0 Å². The first-order valence-corrected chi connectivity index (χ1v) is 6.65. The molecule has 0 saturated heterocycles. The van der Waals surface area contributed by atoms with Crippen molar-refractivity contribution in [3.63, 3.8) is 0 Å². The number of hydrogen-bond acceptors (Lipinski definition) is 3. The minimum absolute atomic E-state index is 0.111. The van der Waals surface area contributed by atoms with Crippen LogP contribution in [0.5, 0.6) is 0 Å². The van der Waals surface area contributed by atoms with Gasteiger partial charge in [0.05, 0.1) is 4.90 Å². The first-order chi connectivity index (χ1) is 7.56. The van der Waals surface area contributed by atoms with Gasteiger partial charge in [-0.3, -0.25) is 4.79 Å². The molecule has 0 aliphatic carbocycles. The average Bonchev–Trinajstić information content (AvgIpc) is 2.27. The molecule has 1 rings (SSSR count). The van der Waals surface area contributed by atoms with E-state index in [0.717, 1.165) is 6.42 Å². The minimum Gasteiger partial charge on any atom is -0.274 e. The van der Waals surface area contributed by atoms with Gasteiger partial charge in [-0.2, -0.15) is 0 Å². The summed E-state index contributed by atoms with van der Waals surface area (Å²) in [5, 5.41) is 0. The average molecular weight is 241 g/mol. The highest BCUT2D eigenvalue weighted by molar-refractivity contribution is 7.90. The van der Waals surface area contributed by atoms with Crippen LogP contribution in [0.25, 0.3) is 0 Å². The number of nitrogens with one attached hydrogen (secondary N) is 1. The summed E-state index contributed by atoms with van der Waals surface area (Å²) < 4.78 is 25.4. The van der Waals surface area contributed by atoms with Crippen LogP contribution in [0.1, 0.15) is 26.2 Å². The second-order valence-electron chi connectivity index (χ2n) is 3.45. The molecule has 0 saturated carbocycles. The number of carbonyl (C=O) groups excluding carboxylic acids is 1. The Balaban J connectivity index is 2.70. The van der Waals surface area contributed by atoms with Gasteiger partial charge < -0.3 is 0 Å². The topological polar surface area (TPSA) is 63.2 Å². The predicted molar refractivity (Wildman–Crippen MR) is 61.3 cm³/mol. The van der Waals surface area contributed by atoms with Crippen molar-refractivity contribution in [3.05, 3.63) is 30.3 Å². The van der Waals surface area contributed by atoms with Crippen molar-refractivity contribution in [2.24, 2.45) is 0 Å². The van der Waals surface area contributed by atoms with Gasteiger partial charge in [0.2, 0.25) is 5.91 Å². The van der Waals surface area contributed by atoms with Crippen molar-refractivity contribution in [3.8, 4) is 0 Å². The lowest BCUT2D eigenvalue weighted by Gasteiger charge is -2.05. The lowest BCUT2D eigenvalue weighted by molar-refractivity contribution is -0.119. The summed E-state index contributed by atoms with van der Waals surface area (Å²) in [5.41, 5.74) is 0. The van der Waals surface area contributed by atoms with Gasteiger partial charge in [-0.25, -0.2) is 13.1 Å². The Morgan fingerprint density at radius 3 is 2.44 bits per heavy atom. The Hall–Kier alpha value is -1.36. The number of benzene rings is 1. The smallest absolute Gasteiger partial charge is 0.264 e. The van der Waals surface area contributed by atoms with Gasteiger partial charge in [0.1, 0.15) is 0 Å². The summed E-state index contributed by atoms with van der Waals surface area (Å²) in [6, 6.07) is 7.86. The second kappa shape index (κ2) is 5.65. The molecule has 0 atom stereocenters. The molecular weight excluding hydrogens is 226 g/mol. The van der Waals surface area contributed by atoms with Crippen LogP contribution in [0, 0.1) is 0 Å². The van der Waals surface area contributed by atoms with Gasteiger partial charge in [-0.15, -0.1) is 0 Å². The monoisotopic (exact) mass is 241 g/mol. The SMILES string of the molecule is CCCCC(=O)NS(=O)(=O)c1ccccc1. The second-order valence-corrected chi connectivity index (χ2v) is 5.13. The van der Waals surface area contributed by atoms with E-state index in [0.29, 0.717) is 6.42 Å². The van der Waals surface area contributed by atoms with Crippen LogP contribution in [-0.2, 0) is 14.8 Å². The summed E-state index contributed by atoms with van der Waals surface area (Å²) in [7, 11) is -3.69. The van der Waals surface area contributed by atoms with Crippen LogP contribution in [-0.4, -0.2) is 14.3 Å². The molecule has 0 fully saturated rings. The number of rotatable bonds is 5. The molecule has 1 amide bonds. The van der Waals surface area contributed by atoms with Gasteiger partial charge >= 0.3 is 0 Å². The largest absolute Gasteiger partial charge is 0.274 e. The van der Waals surface area contributed by atoms with Crippen LogP contribution in [0.4, 0.5) is 0 Å². The molecule has 0 spiro atoms. The molecule has 1 aromatic rings. The lowest BCUT2D eigenvalue weighted by atomic mass is 10.2. The van der Waals surface area contributed by atoms with Crippen LogP contribution < -0.4 is 4.72 Å². The quantitative estimate of drug-likeness (QED) is 0.853. The number of hydrogen-bond donors (Lipinski definition) is 1. The fourth-order valence-corrected chi connectivity index (χ4v) is 2.23. The van der Waals surface area contributed by atoms with Crippen molar-refractivity contribution >= 4 is 15.9 Å². The Morgan fingerprint density at radius 2 is 1.88 bits per heavy atom. The number of amides is 1. The minimum atomic E-state index is -3.69. The van der Waals surface area contributed by atoms with E-state index in [1.54, 1.807) is 18.2 Å². The van der Waals surface area contributed by atoms with Gasteiger partial charge in [0.25, 0.3) is 10.0 Å². The molecule has 0 aromatic heterocycles. The molecule has 0 aliphatic rings. The van der Waals surface area contributed by atoms with E-state index in [1.807, 2.05) is 11.6 Å². The Bertz CT molecular complexity index is 440. The first kappa shape index (κ1) is 12.7. The summed E-state index contributed by atoms with van der Waals surface area (Å²) in [5.74, 6) is -0.453. The molecule has 1 N–H and O–H groups in total. The van der Waals surface area contributed by atoms with E-state index < -0.39 is 15.9 Å². The Kier molecular flexibility index (Phi) is 4.49. The number of sulfonamides is 1. The van der Waals surface area contributed by atoms with Gasteiger partial charge in [-0.1, -0.05) is 31.5 Å². The zero-order chi connectivity index (χ0) is 12.0. The zero-order valence-electron chi connectivity index (χ0n) is 9.14. The fourth-order valence-electron chi connectivity index (χ4n) is 1.20. The third kappa shape index (κ3) is 3.66. The summed E-state index contributed by atoms with van der Waals surface area (Å²) >= 11 is 0. The molecule has 0 heterocycles. The molecule has 0 aliphatic heterocycles. The van der Waals surface area contributed by atoms with E-state index in [-0.39, 0.29) is 11.3 Å². The normalized spacial score (nSPS) is 11.1. The third-order valence-electron chi connectivity index (χ3n) is 2.06. The number of carbonyl (C=O) groups is 1. The van der Waals surface area contributed by atoms with Crippen molar-refractivity contribution < 1.29 is 13.2 Å². The Labute approximate surface area is 95.7 Å². The number of unbranched alkanes of at least 4 members (excludes halogenated alkanes) is 1. The lowest BCUT2D eigenvalue weighted by Crippen LogP contribution is -2.30. The maximum absolute atomic E-state index is 11.7. The van der Waals surface area contributed by atoms with E-state index in [1.165, 1.54) is 12.1 Å². The molecule has 88 valence electrons. The van der Waals surface area contributed by atoms with Gasteiger partial charge in [0, 0.05) is 6.42 Å².